The summed E-state index contributed by atoms with van der Waals surface area (Å²) in [5.41, 5.74) is 0. The molecule has 0 heterocycles. The zero-order valence-corrected chi connectivity index (χ0v) is 51.3. The van der Waals surface area contributed by atoms with Crippen molar-refractivity contribution in [3.05, 3.63) is 134 Å². The molecule has 79 heavy (non-hydrogen) atoms. The lowest BCUT2D eigenvalue weighted by molar-refractivity contribution is -0.167. The number of ether oxygens (including phenoxy) is 3. The molecule has 0 bridgehead atoms. The summed E-state index contributed by atoms with van der Waals surface area (Å²) < 4.78 is 16.9. The lowest BCUT2D eigenvalue weighted by Gasteiger charge is -2.18. The van der Waals surface area contributed by atoms with Gasteiger partial charge in [0.05, 0.1) is 0 Å². The molecule has 0 saturated heterocycles. The van der Waals surface area contributed by atoms with Crippen molar-refractivity contribution >= 4 is 17.9 Å². The fourth-order valence-electron chi connectivity index (χ4n) is 8.79. The number of carbonyl (C=O) groups excluding carboxylic acids is 3. The molecule has 1 unspecified atom stereocenters. The van der Waals surface area contributed by atoms with Gasteiger partial charge in [0.1, 0.15) is 13.2 Å². The molecule has 0 spiro atoms. The van der Waals surface area contributed by atoms with Gasteiger partial charge >= 0.3 is 17.9 Å². The van der Waals surface area contributed by atoms with Crippen molar-refractivity contribution in [3.8, 4) is 0 Å². The van der Waals surface area contributed by atoms with Crippen molar-refractivity contribution in [1.29, 1.82) is 0 Å². The highest BCUT2D eigenvalue weighted by Crippen LogP contribution is 2.16. The Kier molecular flexibility index (Phi) is 62.3. The van der Waals surface area contributed by atoms with Gasteiger partial charge in [0.25, 0.3) is 0 Å². The van der Waals surface area contributed by atoms with Crippen molar-refractivity contribution in [2.75, 3.05) is 13.2 Å². The summed E-state index contributed by atoms with van der Waals surface area (Å²) in [4.78, 5) is 38.4. The van der Waals surface area contributed by atoms with Gasteiger partial charge in [-0.3, -0.25) is 14.4 Å². The number of rotatable bonds is 58. The highest BCUT2D eigenvalue weighted by Gasteiger charge is 2.19. The van der Waals surface area contributed by atoms with Crippen LogP contribution in [-0.2, 0) is 28.6 Å². The van der Waals surface area contributed by atoms with E-state index in [1.807, 2.05) is 0 Å². The van der Waals surface area contributed by atoms with Gasteiger partial charge in [0, 0.05) is 19.3 Å². The number of esters is 3. The molecule has 0 aliphatic carbocycles. The number of hydrogen-bond donors (Lipinski definition) is 0. The third-order valence-corrected chi connectivity index (χ3v) is 13.6. The predicted molar refractivity (Wildman–Crippen MR) is 343 cm³/mol. The summed E-state index contributed by atoms with van der Waals surface area (Å²) in [5.74, 6) is -0.963. The van der Waals surface area contributed by atoms with E-state index in [1.54, 1.807) is 0 Å². The van der Waals surface area contributed by atoms with E-state index in [0.717, 1.165) is 109 Å². The third kappa shape index (κ3) is 64.3. The zero-order chi connectivity index (χ0) is 57.1. The maximum atomic E-state index is 12.9. The molecule has 0 amide bonds. The van der Waals surface area contributed by atoms with E-state index in [4.69, 9.17) is 14.2 Å². The SMILES string of the molecule is CC/C=C\C/C=C\C/C=C\C/C=C\C/C=C\CCCC(=O)OCC(COC(=O)CCCCCCCCCCCCCC/C=C\C/C=C\C/C=C\C/C=C\CC)OC(=O)CCCCCCCCCCC/C=C\C/C=C\CCCCC. The molecule has 448 valence electrons. The third-order valence-electron chi connectivity index (χ3n) is 13.6. The first kappa shape index (κ1) is 74.5. The Balaban J connectivity index is 4.43. The Morgan fingerprint density at radius 2 is 0.506 bits per heavy atom. The van der Waals surface area contributed by atoms with Crippen molar-refractivity contribution in [2.45, 2.75) is 297 Å². The van der Waals surface area contributed by atoms with Gasteiger partial charge in [-0.2, -0.15) is 0 Å². The van der Waals surface area contributed by atoms with Gasteiger partial charge in [-0.25, -0.2) is 0 Å². The zero-order valence-electron chi connectivity index (χ0n) is 51.3. The Bertz CT molecular complexity index is 1680. The predicted octanol–water partition coefficient (Wildman–Crippen LogP) is 22.5. The summed E-state index contributed by atoms with van der Waals surface area (Å²) in [7, 11) is 0. The molecule has 0 aromatic heterocycles. The normalized spacial score (nSPS) is 13.0. The number of allylic oxidation sites excluding steroid dienone is 22. The average molecular weight is 1090 g/mol. The molecule has 0 aromatic rings. The second kappa shape index (κ2) is 66.1. The van der Waals surface area contributed by atoms with E-state index in [0.29, 0.717) is 19.3 Å². The van der Waals surface area contributed by atoms with Crippen LogP contribution in [0.15, 0.2) is 134 Å². The van der Waals surface area contributed by atoms with Gasteiger partial charge in [-0.1, -0.05) is 276 Å². The van der Waals surface area contributed by atoms with Crippen molar-refractivity contribution in [2.24, 2.45) is 0 Å². The molecule has 6 heteroatoms. The molecule has 0 aliphatic rings. The Morgan fingerprint density at radius 3 is 0.823 bits per heavy atom. The van der Waals surface area contributed by atoms with Gasteiger partial charge in [0.2, 0.25) is 0 Å². The molecular weight excluding hydrogens is 973 g/mol. The van der Waals surface area contributed by atoms with E-state index >= 15 is 0 Å². The molecule has 0 fully saturated rings. The van der Waals surface area contributed by atoms with Gasteiger partial charge < -0.3 is 14.2 Å². The number of carbonyl (C=O) groups is 3. The molecule has 1 atom stereocenters. The minimum atomic E-state index is -0.810. The van der Waals surface area contributed by atoms with E-state index in [2.05, 4.69) is 154 Å². The molecule has 0 aromatic carbocycles. The summed E-state index contributed by atoms with van der Waals surface area (Å²) in [5, 5.41) is 0. The molecule has 0 rings (SSSR count). The summed E-state index contributed by atoms with van der Waals surface area (Å²) in [6, 6.07) is 0. The van der Waals surface area contributed by atoms with Crippen LogP contribution < -0.4 is 0 Å². The second-order valence-electron chi connectivity index (χ2n) is 21.3. The first-order valence-corrected chi connectivity index (χ1v) is 32.7. The van der Waals surface area contributed by atoms with Crippen molar-refractivity contribution < 1.29 is 28.6 Å². The fraction of sp³-hybridized carbons (Fsp3) is 0.658. The lowest BCUT2D eigenvalue weighted by Crippen LogP contribution is -2.30. The Morgan fingerprint density at radius 1 is 0.266 bits per heavy atom. The monoisotopic (exact) mass is 1090 g/mol. The summed E-state index contributed by atoms with van der Waals surface area (Å²) in [6.45, 7) is 6.35. The molecule has 0 saturated carbocycles. The van der Waals surface area contributed by atoms with E-state index < -0.39 is 6.10 Å². The van der Waals surface area contributed by atoms with Crippen LogP contribution in [0.4, 0.5) is 0 Å². The Labute approximate surface area is 487 Å². The van der Waals surface area contributed by atoms with Crippen LogP contribution in [0.5, 0.6) is 0 Å². The molecule has 6 nitrogen and oxygen atoms in total. The minimum Gasteiger partial charge on any atom is -0.462 e. The van der Waals surface area contributed by atoms with Gasteiger partial charge in [-0.05, 0) is 128 Å². The average Bonchev–Trinajstić information content (AvgIpc) is 3.45. The highest BCUT2D eigenvalue weighted by molar-refractivity contribution is 5.71. The van der Waals surface area contributed by atoms with Crippen LogP contribution in [0.3, 0.4) is 0 Å². The van der Waals surface area contributed by atoms with Crippen LogP contribution in [0.25, 0.3) is 0 Å². The van der Waals surface area contributed by atoms with Crippen LogP contribution in [0.1, 0.15) is 290 Å². The smallest absolute Gasteiger partial charge is 0.306 e. The maximum Gasteiger partial charge on any atom is 0.306 e. The van der Waals surface area contributed by atoms with Crippen LogP contribution in [0.2, 0.25) is 0 Å². The van der Waals surface area contributed by atoms with Gasteiger partial charge in [-0.15, -0.1) is 0 Å². The first-order valence-electron chi connectivity index (χ1n) is 32.7. The minimum absolute atomic E-state index is 0.101. The van der Waals surface area contributed by atoms with E-state index in [-0.39, 0.29) is 37.5 Å². The maximum absolute atomic E-state index is 12.9. The second-order valence-corrected chi connectivity index (χ2v) is 21.3. The fourth-order valence-corrected chi connectivity index (χ4v) is 8.79. The lowest BCUT2D eigenvalue weighted by atomic mass is 10.0. The van der Waals surface area contributed by atoms with Gasteiger partial charge in [0.15, 0.2) is 6.10 Å². The summed E-state index contributed by atoms with van der Waals surface area (Å²) in [6.07, 6.45) is 93.2. The standard InChI is InChI=1S/C73H120O6/c1-4-7-10-13-16-19-22-25-28-31-33-34-35-36-37-38-40-42-45-48-51-54-57-60-63-66-72(75)78-69-70(68-77-71(74)65-62-59-56-53-50-47-44-41-30-27-24-21-18-15-12-9-6-3)79-73(76)67-64-61-58-55-52-49-46-43-39-32-29-26-23-20-17-14-11-8-5-2/h7,9-10,12,16-21,25-30,33-34,44,47,53,56,70H,4-6,8,11,13-15,22-24,31-32,35-43,45-46,48-52,54-55,57-69H2,1-3H3/b10-7-,12-9-,19-16-,20-17-,21-18-,28-25-,29-26-,30-27-,34-33-,47-44-,56-53-. The number of hydrogen-bond acceptors (Lipinski definition) is 6. The summed E-state index contributed by atoms with van der Waals surface area (Å²) >= 11 is 0. The quantitative estimate of drug-likeness (QED) is 0.0261. The molecule has 0 N–H and O–H groups in total. The molecule has 0 aliphatic heterocycles. The molecular formula is C73H120O6. The Hall–Kier alpha value is -4.45. The molecule has 0 radical (unpaired) electrons. The van der Waals surface area contributed by atoms with Crippen LogP contribution in [-0.4, -0.2) is 37.2 Å². The van der Waals surface area contributed by atoms with Crippen LogP contribution in [0, 0.1) is 0 Å². The first-order chi connectivity index (χ1) is 39.0. The van der Waals surface area contributed by atoms with Crippen molar-refractivity contribution in [1.82, 2.24) is 0 Å². The highest BCUT2D eigenvalue weighted by atomic mass is 16.6. The largest absolute Gasteiger partial charge is 0.462 e. The van der Waals surface area contributed by atoms with E-state index in [1.165, 1.54) is 135 Å². The topological polar surface area (TPSA) is 78.9 Å². The number of unbranched alkanes of at least 4 members (excludes halogenated alkanes) is 25. The van der Waals surface area contributed by atoms with E-state index in [9.17, 15) is 14.4 Å². The van der Waals surface area contributed by atoms with Crippen LogP contribution >= 0.6 is 0 Å². The van der Waals surface area contributed by atoms with Crippen molar-refractivity contribution in [3.63, 3.8) is 0 Å².